The van der Waals surface area contributed by atoms with Gasteiger partial charge in [0, 0.05) is 45.1 Å². The van der Waals surface area contributed by atoms with Gasteiger partial charge in [0.05, 0.1) is 11.3 Å². The summed E-state index contributed by atoms with van der Waals surface area (Å²) in [7, 11) is 0. The minimum atomic E-state index is 0.0881. The van der Waals surface area contributed by atoms with Gasteiger partial charge in [-0.15, -0.1) is 0 Å². The Morgan fingerprint density at radius 1 is 1.30 bits per heavy atom. The molecule has 5 nitrogen and oxygen atoms in total. The predicted octanol–water partition coefficient (Wildman–Crippen LogP) is 1.68. The highest BCUT2D eigenvalue weighted by Gasteiger charge is 2.23. The van der Waals surface area contributed by atoms with Gasteiger partial charge in [0.2, 0.25) is 0 Å². The fourth-order valence-corrected chi connectivity index (χ4v) is 2.57. The first-order valence-corrected chi connectivity index (χ1v) is 7.45. The van der Waals surface area contributed by atoms with Crippen molar-refractivity contribution in [1.29, 1.82) is 0 Å². The lowest BCUT2D eigenvalue weighted by atomic mass is 10.2. The molecular weight excluding hydrogens is 252 g/mol. The lowest BCUT2D eigenvalue weighted by Crippen LogP contribution is -2.48. The van der Waals surface area contributed by atoms with E-state index in [0.717, 1.165) is 45.0 Å². The maximum atomic E-state index is 12.6. The summed E-state index contributed by atoms with van der Waals surface area (Å²) in [5.74, 6) is 0.0881. The van der Waals surface area contributed by atoms with Crippen LogP contribution >= 0.6 is 0 Å². The van der Waals surface area contributed by atoms with E-state index in [-0.39, 0.29) is 5.91 Å². The van der Waals surface area contributed by atoms with Crippen LogP contribution in [0.15, 0.2) is 18.5 Å². The van der Waals surface area contributed by atoms with Crippen molar-refractivity contribution in [3.05, 3.63) is 24.0 Å². The van der Waals surface area contributed by atoms with Gasteiger partial charge in [-0.05, 0) is 26.0 Å². The molecule has 1 saturated heterocycles. The molecule has 1 amide bonds. The number of anilines is 1. The molecule has 1 fully saturated rings. The van der Waals surface area contributed by atoms with E-state index in [0.29, 0.717) is 5.56 Å². The summed E-state index contributed by atoms with van der Waals surface area (Å²) in [5, 5.41) is 3.23. The first-order valence-electron chi connectivity index (χ1n) is 7.45. The lowest BCUT2D eigenvalue weighted by molar-refractivity contribution is 0.0638. The highest BCUT2D eigenvalue weighted by Crippen LogP contribution is 2.17. The molecule has 0 radical (unpaired) electrons. The van der Waals surface area contributed by atoms with Gasteiger partial charge in [0.15, 0.2) is 0 Å². The summed E-state index contributed by atoms with van der Waals surface area (Å²) >= 11 is 0. The van der Waals surface area contributed by atoms with Crippen LogP contribution in [0.2, 0.25) is 0 Å². The Morgan fingerprint density at radius 2 is 2.05 bits per heavy atom. The molecule has 1 N–H and O–H groups in total. The van der Waals surface area contributed by atoms with E-state index in [9.17, 15) is 4.79 Å². The molecule has 1 aliphatic heterocycles. The molecule has 2 rings (SSSR count). The number of carbonyl (C=O) groups excluding carboxylic acids is 1. The quantitative estimate of drug-likeness (QED) is 0.889. The third-order valence-corrected chi connectivity index (χ3v) is 3.62. The van der Waals surface area contributed by atoms with Gasteiger partial charge < -0.3 is 10.2 Å². The van der Waals surface area contributed by atoms with Gasteiger partial charge in [-0.25, -0.2) is 0 Å². The van der Waals surface area contributed by atoms with E-state index in [2.05, 4.69) is 22.1 Å². The van der Waals surface area contributed by atoms with Crippen molar-refractivity contribution in [2.24, 2.45) is 0 Å². The van der Waals surface area contributed by atoms with E-state index in [1.807, 2.05) is 17.9 Å². The Balaban J connectivity index is 2.02. The van der Waals surface area contributed by atoms with Crippen LogP contribution in [0.4, 0.5) is 5.69 Å². The lowest BCUT2D eigenvalue weighted by Gasteiger charge is -2.34. The molecule has 0 atom stereocenters. The van der Waals surface area contributed by atoms with Gasteiger partial charge in [-0.3, -0.25) is 14.7 Å². The zero-order chi connectivity index (χ0) is 14.4. The van der Waals surface area contributed by atoms with Crippen LogP contribution in [0.5, 0.6) is 0 Å². The first-order chi connectivity index (χ1) is 9.76. The molecule has 5 heteroatoms. The van der Waals surface area contributed by atoms with E-state index in [1.54, 1.807) is 12.4 Å². The highest BCUT2D eigenvalue weighted by atomic mass is 16.2. The minimum Gasteiger partial charge on any atom is -0.385 e. The third-order valence-electron chi connectivity index (χ3n) is 3.62. The second-order valence-electron chi connectivity index (χ2n) is 5.09. The molecule has 0 aromatic carbocycles. The van der Waals surface area contributed by atoms with Gasteiger partial charge >= 0.3 is 0 Å². The van der Waals surface area contributed by atoms with Gasteiger partial charge in [0.25, 0.3) is 5.91 Å². The van der Waals surface area contributed by atoms with Crippen molar-refractivity contribution >= 4 is 11.6 Å². The van der Waals surface area contributed by atoms with Crippen LogP contribution in [0.25, 0.3) is 0 Å². The number of nitrogens with one attached hydrogen (secondary N) is 1. The summed E-state index contributed by atoms with van der Waals surface area (Å²) in [4.78, 5) is 21.0. The first kappa shape index (κ1) is 14.8. The molecule has 20 heavy (non-hydrogen) atoms. The Bertz CT molecular complexity index is 441. The van der Waals surface area contributed by atoms with Crippen molar-refractivity contribution < 1.29 is 4.79 Å². The molecule has 1 aromatic rings. The van der Waals surface area contributed by atoms with Crippen molar-refractivity contribution in [3.8, 4) is 0 Å². The molecule has 110 valence electrons. The monoisotopic (exact) mass is 276 g/mol. The minimum absolute atomic E-state index is 0.0881. The molecule has 1 aliphatic rings. The Hall–Kier alpha value is -1.62. The number of carbonyl (C=O) groups is 1. The Morgan fingerprint density at radius 3 is 2.70 bits per heavy atom. The van der Waals surface area contributed by atoms with Crippen LogP contribution < -0.4 is 5.32 Å². The molecule has 2 heterocycles. The number of nitrogens with zero attached hydrogens (tertiary/aromatic N) is 3. The van der Waals surface area contributed by atoms with Crippen LogP contribution in [0.3, 0.4) is 0 Å². The topological polar surface area (TPSA) is 48.5 Å². The summed E-state index contributed by atoms with van der Waals surface area (Å²) < 4.78 is 0. The average Bonchev–Trinajstić information content (AvgIpc) is 2.49. The largest absolute Gasteiger partial charge is 0.385 e. The van der Waals surface area contributed by atoms with Crippen LogP contribution in [0.1, 0.15) is 30.6 Å². The van der Waals surface area contributed by atoms with Gasteiger partial charge in [-0.2, -0.15) is 0 Å². The number of piperazine rings is 1. The number of hydrogen-bond donors (Lipinski definition) is 1. The van der Waals surface area contributed by atoms with Crippen molar-refractivity contribution in [2.45, 2.75) is 20.3 Å². The number of hydrogen-bond acceptors (Lipinski definition) is 4. The molecule has 0 saturated carbocycles. The zero-order valence-electron chi connectivity index (χ0n) is 12.4. The molecule has 1 aromatic heterocycles. The third kappa shape index (κ3) is 3.48. The molecule has 0 unspecified atom stereocenters. The van der Waals surface area contributed by atoms with Crippen molar-refractivity contribution in [3.63, 3.8) is 0 Å². The second kappa shape index (κ2) is 7.24. The maximum absolute atomic E-state index is 12.6. The molecule has 0 spiro atoms. The Labute approximate surface area is 121 Å². The van der Waals surface area contributed by atoms with Gasteiger partial charge in [0.1, 0.15) is 0 Å². The summed E-state index contributed by atoms with van der Waals surface area (Å²) in [5.41, 5.74) is 1.56. The number of rotatable bonds is 5. The maximum Gasteiger partial charge on any atom is 0.257 e. The van der Waals surface area contributed by atoms with Crippen molar-refractivity contribution in [1.82, 2.24) is 14.8 Å². The number of amides is 1. The van der Waals surface area contributed by atoms with Crippen LogP contribution in [-0.4, -0.2) is 60.0 Å². The van der Waals surface area contributed by atoms with E-state index >= 15 is 0 Å². The normalized spacial score (nSPS) is 16.2. The second-order valence-corrected chi connectivity index (χ2v) is 5.09. The molecule has 0 bridgehead atoms. The smallest absolute Gasteiger partial charge is 0.257 e. The summed E-state index contributed by atoms with van der Waals surface area (Å²) in [6.45, 7) is 9.69. The standard InChI is InChI=1S/C15H24N4O/c1-3-7-18-8-10-19(11-9-18)15(20)13-12-16-6-5-14(13)17-4-2/h5-6,12H,3-4,7-11H2,1-2H3,(H,16,17). The van der Waals surface area contributed by atoms with Crippen molar-refractivity contribution in [2.75, 3.05) is 44.6 Å². The zero-order valence-corrected chi connectivity index (χ0v) is 12.4. The SMILES string of the molecule is CCCN1CCN(C(=O)c2cnccc2NCC)CC1. The van der Waals surface area contributed by atoms with E-state index in [1.165, 1.54) is 6.42 Å². The van der Waals surface area contributed by atoms with Crippen LogP contribution in [-0.2, 0) is 0 Å². The predicted molar refractivity (Wildman–Crippen MR) is 81.0 cm³/mol. The Kier molecular flexibility index (Phi) is 5.35. The fraction of sp³-hybridized carbons (Fsp3) is 0.600. The number of aromatic nitrogens is 1. The van der Waals surface area contributed by atoms with E-state index < -0.39 is 0 Å². The summed E-state index contributed by atoms with van der Waals surface area (Å²) in [6, 6.07) is 1.87. The number of pyridine rings is 1. The van der Waals surface area contributed by atoms with Crippen LogP contribution in [0, 0.1) is 0 Å². The highest BCUT2D eigenvalue weighted by molar-refractivity contribution is 5.99. The fourth-order valence-electron chi connectivity index (χ4n) is 2.57. The molecule has 0 aliphatic carbocycles. The van der Waals surface area contributed by atoms with E-state index in [4.69, 9.17) is 0 Å². The summed E-state index contributed by atoms with van der Waals surface area (Å²) in [6.07, 6.45) is 4.55. The molecular formula is C15H24N4O. The average molecular weight is 276 g/mol. The van der Waals surface area contributed by atoms with Gasteiger partial charge in [-0.1, -0.05) is 6.92 Å².